The van der Waals surface area contributed by atoms with E-state index in [-0.39, 0.29) is 22.9 Å². The maximum Gasteiger partial charge on any atom is 0.410 e. The molecule has 2 aromatic rings. The second-order valence-electron chi connectivity index (χ2n) is 7.22. The van der Waals surface area contributed by atoms with E-state index in [4.69, 9.17) is 16.3 Å². The standard InChI is InChI=1S/C18H21ClN4O3S/c1-18(2,3)26-17(25)23-7-6-11-8-13(5-4-12(11)10-23)20-15(24)16-22-21-14(9-19)27-16/h4-5,8H,6-7,9-10H2,1-3H3,(H,20,24). The Morgan fingerprint density at radius 1 is 1.30 bits per heavy atom. The van der Waals surface area contributed by atoms with E-state index in [1.54, 1.807) is 4.90 Å². The lowest BCUT2D eigenvalue weighted by Gasteiger charge is -2.31. The lowest BCUT2D eigenvalue weighted by atomic mass is 9.99. The quantitative estimate of drug-likeness (QED) is 0.780. The van der Waals surface area contributed by atoms with Crippen molar-refractivity contribution in [2.75, 3.05) is 11.9 Å². The highest BCUT2D eigenvalue weighted by molar-refractivity contribution is 7.13. The Morgan fingerprint density at radius 3 is 2.74 bits per heavy atom. The molecular weight excluding hydrogens is 388 g/mol. The van der Waals surface area contributed by atoms with E-state index in [0.29, 0.717) is 30.2 Å². The van der Waals surface area contributed by atoms with E-state index in [1.807, 2.05) is 39.0 Å². The first-order valence-electron chi connectivity index (χ1n) is 8.54. The first-order valence-corrected chi connectivity index (χ1v) is 9.89. The molecule has 0 saturated heterocycles. The van der Waals surface area contributed by atoms with Crippen LogP contribution in [0.1, 0.15) is 46.7 Å². The lowest BCUT2D eigenvalue weighted by Crippen LogP contribution is -2.39. The summed E-state index contributed by atoms with van der Waals surface area (Å²) < 4.78 is 5.44. The van der Waals surface area contributed by atoms with Gasteiger partial charge in [0.15, 0.2) is 0 Å². The number of halogens is 1. The lowest BCUT2D eigenvalue weighted by molar-refractivity contribution is 0.0224. The summed E-state index contributed by atoms with van der Waals surface area (Å²) in [6.07, 6.45) is 0.393. The van der Waals surface area contributed by atoms with Crippen LogP contribution in [0.3, 0.4) is 0 Å². The molecule has 9 heteroatoms. The van der Waals surface area contributed by atoms with Gasteiger partial charge in [0.25, 0.3) is 5.91 Å². The Hall–Kier alpha value is -2.19. The number of rotatable bonds is 3. The Kier molecular flexibility index (Phi) is 5.67. The van der Waals surface area contributed by atoms with E-state index >= 15 is 0 Å². The number of alkyl halides is 1. The number of nitrogens with one attached hydrogen (secondary N) is 1. The van der Waals surface area contributed by atoms with Gasteiger partial charge in [-0.1, -0.05) is 17.4 Å². The topological polar surface area (TPSA) is 84.4 Å². The number of hydrogen-bond acceptors (Lipinski definition) is 6. The van der Waals surface area contributed by atoms with Crippen molar-refractivity contribution in [3.8, 4) is 0 Å². The summed E-state index contributed by atoms with van der Waals surface area (Å²) in [5.41, 5.74) is 2.32. The number of nitrogens with zero attached hydrogens (tertiary/aromatic N) is 3. The summed E-state index contributed by atoms with van der Waals surface area (Å²) in [4.78, 5) is 26.2. The number of ether oxygens (including phenoxy) is 1. The average Bonchev–Trinajstić information content (AvgIpc) is 3.09. The summed E-state index contributed by atoms with van der Waals surface area (Å²) in [6.45, 7) is 6.63. The van der Waals surface area contributed by atoms with Crippen LogP contribution in [-0.2, 0) is 23.6 Å². The SMILES string of the molecule is CC(C)(C)OC(=O)N1CCc2cc(NC(=O)c3nnc(CCl)s3)ccc2C1. The Balaban J connectivity index is 1.66. The molecule has 1 aliphatic rings. The molecule has 2 heterocycles. The van der Waals surface area contributed by atoms with Gasteiger partial charge in [-0.05, 0) is 50.5 Å². The largest absolute Gasteiger partial charge is 0.444 e. The molecule has 2 amide bonds. The van der Waals surface area contributed by atoms with Crippen molar-refractivity contribution in [1.82, 2.24) is 15.1 Å². The van der Waals surface area contributed by atoms with Crippen LogP contribution in [0.15, 0.2) is 18.2 Å². The summed E-state index contributed by atoms with van der Waals surface area (Å²) >= 11 is 6.87. The van der Waals surface area contributed by atoms with Crippen LogP contribution in [-0.4, -0.2) is 39.2 Å². The van der Waals surface area contributed by atoms with Crippen molar-refractivity contribution in [2.24, 2.45) is 0 Å². The number of benzene rings is 1. The van der Waals surface area contributed by atoms with E-state index in [9.17, 15) is 9.59 Å². The molecule has 3 rings (SSSR count). The van der Waals surface area contributed by atoms with Crippen LogP contribution in [0.4, 0.5) is 10.5 Å². The van der Waals surface area contributed by atoms with Crippen LogP contribution in [0, 0.1) is 0 Å². The number of aromatic nitrogens is 2. The number of fused-ring (bicyclic) bond motifs is 1. The predicted octanol–water partition coefficient (Wildman–Crippen LogP) is 3.82. The van der Waals surface area contributed by atoms with Gasteiger partial charge >= 0.3 is 6.09 Å². The molecule has 0 fully saturated rings. The van der Waals surface area contributed by atoms with E-state index < -0.39 is 5.60 Å². The zero-order valence-electron chi connectivity index (χ0n) is 15.4. The third-order valence-electron chi connectivity index (χ3n) is 3.90. The molecule has 1 N–H and O–H groups in total. The summed E-state index contributed by atoms with van der Waals surface area (Å²) in [7, 11) is 0. The van der Waals surface area contributed by atoms with Gasteiger partial charge in [0.2, 0.25) is 5.01 Å². The predicted molar refractivity (Wildman–Crippen MR) is 104 cm³/mol. The minimum absolute atomic E-state index is 0.234. The van der Waals surface area contributed by atoms with Crippen LogP contribution in [0.5, 0.6) is 0 Å². The smallest absolute Gasteiger partial charge is 0.410 e. The van der Waals surface area contributed by atoms with Crippen molar-refractivity contribution in [3.05, 3.63) is 39.3 Å². The first-order chi connectivity index (χ1) is 12.7. The van der Waals surface area contributed by atoms with Crippen molar-refractivity contribution in [3.63, 3.8) is 0 Å². The van der Waals surface area contributed by atoms with Gasteiger partial charge in [0.05, 0.1) is 5.88 Å². The second-order valence-corrected chi connectivity index (χ2v) is 8.55. The second kappa shape index (κ2) is 7.82. The molecule has 144 valence electrons. The molecular formula is C18H21ClN4O3S. The van der Waals surface area contributed by atoms with Crippen molar-refractivity contribution < 1.29 is 14.3 Å². The molecule has 1 aliphatic heterocycles. The molecule has 1 aromatic carbocycles. The summed E-state index contributed by atoms with van der Waals surface area (Å²) in [5, 5.41) is 11.4. The van der Waals surface area contributed by atoms with Crippen molar-refractivity contribution in [2.45, 2.75) is 45.2 Å². The fourth-order valence-electron chi connectivity index (χ4n) is 2.70. The zero-order valence-corrected chi connectivity index (χ0v) is 17.0. The Morgan fingerprint density at radius 2 is 2.07 bits per heavy atom. The highest BCUT2D eigenvalue weighted by atomic mass is 35.5. The van der Waals surface area contributed by atoms with E-state index in [2.05, 4.69) is 15.5 Å². The molecule has 0 saturated carbocycles. The fourth-order valence-corrected chi connectivity index (χ4v) is 3.50. The van der Waals surface area contributed by atoms with Gasteiger partial charge in [0, 0.05) is 18.8 Å². The van der Waals surface area contributed by atoms with Crippen molar-refractivity contribution >= 4 is 40.6 Å². The normalized spacial score (nSPS) is 13.9. The highest BCUT2D eigenvalue weighted by Gasteiger charge is 2.26. The minimum atomic E-state index is -0.514. The molecule has 0 unspecified atom stereocenters. The monoisotopic (exact) mass is 408 g/mol. The van der Waals surface area contributed by atoms with Gasteiger partial charge in [-0.3, -0.25) is 4.79 Å². The third-order valence-corrected chi connectivity index (χ3v) is 5.24. The zero-order chi connectivity index (χ0) is 19.6. The minimum Gasteiger partial charge on any atom is -0.444 e. The average molecular weight is 409 g/mol. The van der Waals surface area contributed by atoms with Crippen LogP contribution in [0.25, 0.3) is 0 Å². The number of hydrogen-bond donors (Lipinski definition) is 1. The van der Waals surface area contributed by atoms with E-state index in [0.717, 1.165) is 11.1 Å². The van der Waals surface area contributed by atoms with Gasteiger partial charge in [-0.25, -0.2) is 4.79 Å². The third kappa shape index (κ3) is 4.95. The number of carbonyl (C=O) groups excluding carboxylic acids is 2. The van der Waals surface area contributed by atoms with E-state index in [1.165, 1.54) is 11.3 Å². The molecule has 1 aromatic heterocycles. The maximum absolute atomic E-state index is 12.3. The number of amides is 2. The molecule has 0 aliphatic carbocycles. The molecule has 0 bridgehead atoms. The highest BCUT2D eigenvalue weighted by Crippen LogP contribution is 2.24. The van der Waals surface area contributed by atoms with Crippen LogP contribution >= 0.6 is 22.9 Å². The van der Waals surface area contributed by atoms with Gasteiger partial charge in [0.1, 0.15) is 10.6 Å². The summed E-state index contributed by atoms with van der Waals surface area (Å²) in [5.74, 6) is -0.0761. The van der Waals surface area contributed by atoms with Gasteiger partial charge < -0.3 is 15.0 Å². The number of anilines is 1. The molecule has 0 atom stereocenters. The Bertz CT molecular complexity index is 863. The van der Waals surface area contributed by atoms with Gasteiger partial charge in [-0.2, -0.15) is 0 Å². The van der Waals surface area contributed by atoms with Gasteiger partial charge in [-0.15, -0.1) is 21.8 Å². The fraction of sp³-hybridized carbons (Fsp3) is 0.444. The molecule has 0 spiro atoms. The molecule has 0 radical (unpaired) electrons. The van der Waals surface area contributed by atoms with Crippen molar-refractivity contribution in [1.29, 1.82) is 0 Å². The molecule has 27 heavy (non-hydrogen) atoms. The maximum atomic E-state index is 12.3. The summed E-state index contributed by atoms with van der Waals surface area (Å²) in [6, 6.07) is 5.67. The van der Waals surface area contributed by atoms with Crippen LogP contribution in [0.2, 0.25) is 0 Å². The number of carbonyl (C=O) groups is 2. The molecule has 7 nitrogen and oxygen atoms in total. The first kappa shape index (κ1) is 19.6. The Labute approximate surface area is 166 Å². The van der Waals surface area contributed by atoms with Crippen LogP contribution < -0.4 is 5.32 Å².